The molecule has 0 fully saturated rings. The van der Waals surface area contributed by atoms with Crippen LogP contribution >= 0.6 is 11.6 Å². The predicted molar refractivity (Wildman–Crippen MR) is 97.4 cm³/mol. The van der Waals surface area contributed by atoms with Crippen molar-refractivity contribution in [2.45, 2.75) is 33.0 Å². The molecule has 26 heavy (non-hydrogen) atoms. The van der Waals surface area contributed by atoms with Gasteiger partial charge in [0.05, 0.1) is 13.2 Å². The van der Waals surface area contributed by atoms with Crippen LogP contribution < -0.4 is 9.47 Å². The van der Waals surface area contributed by atoms with Crippen molar-refractivity contribution < 1.29 is 23.7 Å². The minimum atomic E-state index is -0.279. The first-order chi connectivity index (χ1) is 12.6. The fourth-order valence-corrected chi connectivity index (χ4v) is 2.97. The van der Waals surface area contributed by atoms with Crippen LogP contribution in [0.1, 0.15) is 29.5 Å². The first kappa shape index (κ1) is 18.5. The van der Waals surface area contributed by atoms with Crippen LogP contribution in [0.25, 0.3) is 0 Å². The summed E-state index contributed by atoms with van der Waals surface area (Å²) in [4.78, 5) is 12.0. The standard InChI is InChI=1S/C20H21ClO5/c1-14-4-2-5-18(8-14)24-7-3-6-19(22)25-12-16-10-17(21)9-15-11-23-13-26-20(15)16/h2,4-5,8-10H,3,6-7,11-13H2,1H3. The monoisotopic (exact) mass is 376 g/mol. The molecule has 0 radical (unpaired) electrons. The number of hydrogen-bond acceptors (Lipinski definition) is 5. The van der Waals surface area contributed by atoms with Crippen LogP contribution in [0.2, 0.25) is 5.02 Å². The van der Waals surface area contributed by atoms with Gasteiger partial charge in [0.1, 0.15) is 18.1 Å². The molecule has 0 aromatic heterocycles. The highest BCUT2D eigenvalue weighted by molar-refractivity contribution is 6.30. The van der Waals surface area contributed by atoms with Gasteiger partial charge in [-0.25, -0.2) is 0 Å². The zero-order valence-electron chi connectivity index (χ0n) is 14.6. The number of carbonyl (C=O) groups is 1. The van der Waals surface area contributed by atoms with Gasteiger partial charge in [-0.05, 0) is 43.2 Å². The maximum absolute atomic E-state index is 12.0. The normalized spacial score (nSPS) is 12.8. The summed E-state index contributed by atoms with van der Waals surface area (Å²) in [6, 6.07) is 11.4. The first-order valence-corrected chi connectivity index (χ1v) is 8.86. The molecule has 2 aromatic carbocycles. The van der Waals surface area contributed by atoms with Gasteiger partial charge in [0.2, 0.25) is 0 Å². The molecule has 5 nitrogen and oxygen atoms in total. The van der Waals surface area contributed by atoms with Crippen LogP contribution in [0.15, 0.2) is 36.4 Å². The number of rotatable bonds is 7. The topological polar surface area (TPSA) is 54.0 Å². The molecule has 0 unspecified atom stereocenters. The third-order valence-corrected chi connectivity index (χ3v) is 4.14. The van der Waals surface area contributed by atoms with E-state index >= 15 is 0 Å². The molecule has 0 N–H and O–H groups in total. The Kier molecular flexibility index (Phi) is 6.36. The summed E-state index contributed by atoms with van der Waals surface area (Å²) < 4.78 is 21.7. The molecule has 0 amide bonds. The van der Waals surface area contributed by atoms with Crippen molar-refractivity contribution in [2.24, 2.45) is 0 Å². The van der Waals surface area contributed by atoms with Crippen molar-refractivity contribution in [3.63, 3.8) is 0 Å². The van der Waals surface area contributed by atoms with E-state index in [0.29, 0.717) is 36.8 Å². The number of halogens is 1. The van der Waals surface area contributed by atoms with Gasteiger partial charge in [0.25, 0.3) is 0 Å². The molecule has 0 saturated heterocycles. The van der Waals surface area contributed by atoms with Gasteiger partial charge < -0.3 is 18.9 Å². The zero-order chi connectivity index (χ0) is 18.4. The molecular weight excluding hydrogens is 356 g/mol. The molecular formula is C20H21ClO5. The van der Waals surface area contributed by atoms with E-state index in [1.165, 1.54) is 0 Å². The number of fused-ring (bicyclic) bond motifs is 1. The average Bonchev–Trinajstić information content (AvgIpc) is 2.63. The highest BCUT2D eigenvalue weighted by atomic mass is 35.5. The molecule has 2 aromatic rings. The second-order valence-corrected chi connectivity index (χ2v) is 6.53. The van der Waals surface area contributed by atoms with Gasteiger partial charge in [-0.2, -0.15) is 0 Å². The number of aryl methyl sites for hydroxylation is 1. The van der Waals surface area contributed by atoms with Crippen LogP contribution in [0.3, 0.4) is 0 Å². The number of ether oxygens (including phenoxy) is 4. The minimum Gasteiger partial charge on any atom is -0.494 e. The second-order valence-electron chi connectivity index (χ2n) is 6.09. The van der Waals surface area contributed by atoms with Gasteiger partial charge in [0, 0.05) is 22.6 Å². The largest absolute Gasteiger partial charge is 0.494 e. The van der Waals surface area contributed by atoms with E-state index in [-0.39, 0.29) is 19.4 Å². The summed E-state index contributed by atoms with van der Waals surface area (Å²) in [7, 11) is 0. The van der Waals surface area contributed by atoms with Crippen molar-refractivity contribution in [3.8, 4) is 11.5 Å². The van der Waals surface area contributed by atoms with Crippen LogP contribution in [-0.2, 0) is 27.5 Å². The van der Waals surface area contributed by atoms with E-state index in [1.807, 2.05) is 31.2 Å². The third kappa shape index (κ3) is 5.13. The van der Waals surface area contributed by atoms with Gasteiger partial charge in [-0.1, -0.05) is 23.7 Å². The van der Waals surface area contributed by atoms with E-state index in [1.54, 1.807) is 12.1 Å². The molecule has 0 bridgehead atoms. The van der Waals surface area contributed by atoms with E-state index in [9.17, 15) is 4.79 Å². The van der Waals surface area contributed by atoms with Crippen LogP contribution in [0, 0.1) is 6.92 Å². The van der Waals surface area contributed by atoms with Gasteiger partial charge in [0.15, 0.2) is 6.79 Å². The number of benzene rings is 2. The predicted octanol–water partition coefficient (Wildman–Crippen LogP) is 4.42. The van der Waals surface area contributed by atoms with Gasteiger partial charge in [-0.15, -0.1) is 0 Å². The van der Waals surface area contributed by atoms with Gasteiger partial charge in [-0.3, -0.25) is 4.79 Å². The minimum absolute atomic E-state index is 0.125. The molecule has 6 heteroatoms. The van der Waals surface area contributed by atoms with Crippen molar-refractivity contribution in [1.82, 2.24) is 0 Å². The van der Waals surface area contributed by atoms with Crippen molar-refractivity contribution in [3.05, 3.63) is 58.1 Å². The van der Waals surface area contributed by atoms with Crippen molar-refractivity contribution in [2.75, 3.05) is 13.4 Å². The first-order valence-electron chi connectivity index (χ1n) is 8.49. The van der Waals surface area contributed by atoms with Gasteiger partial charge >= 0.3 is 5.97 Å². The molecule has 0 saturated carbocycles. The Morgan fingerprint density at radius 2 is 2.15 bits per heavy atom. The second kappa shape index (κ2) is 8.92. The quantitative estimate of drug-likeness (QED) is 0.529. The lowest BCUT2D eigenvalue weighted by molar-refractivity contribution is -0.145. The molecule has 1 heterocycles. The lowest BCUT2D eigenvalue weighted by Gasteiger charge is -2.21. The fraction of sp³-hybridized carbons (Fsp3) is 0.350. The van der Waals surface area contributed by atoms with Crippen LogP contribution in [-0.4, -0.2) is 19.4 Å². The molecule has 138 valence electrons. The summed E-state index contributed by atoms with van der Waals surface area (Å²) in [6.07, 6.45) is 0.878. The van der Waals surface area contributed by atoms with E-state index in [2.05, 4.69) is 0 Å². The fourth-order valence-electron chi connectivity index (χ4n) is 2.71. The summed E-state index contributed by atoms with van der Waals surface area (Å²) in [6.45, 7) is 3.22. The third-order valence-electron chi connectivity index (χ3n) is 3.92. The lowest BCUT2D eigenvalue weighted by Crippen LogP contribution is -2.14. The molecule has 0 spiro atoms. The Morgan fingerprint density at radius 3 is 3.00 bits per heavy atom. The van der Waals surface area contributed by atoms with E-state index in [4.69, 9.17) is 30.5 Å². The molecule has 1 aliphatic rings. The highest BCUT2D eigenvalue weighted by Crippen LogP contribution is 2.32. The smallest absolute Gasteiger partial charge is 0.306 e. The Morgan fingerprint density at radius 1 is 1.27 bits per heavy atom. The van der Waals surface area contributed by atoms with Crippen molar-refractivity contribution >= 4 is 17.6 Å². The Balaban J connectivity index is 1.44. The molecule has 0 aliphatic carbocycles. The van der Waals surface area contributed by atoms with Crippen LogP contribution in [0.4, 0.5) is 0 Å². The van der Waals surface area contributed by atoms with Crippen LogP contribution in [0.5, 0.6) is 11.5 Å². The number of esters is 1. The summed E-state index contributed by atoms with van der Waals surface area (Å²) in [5.41, 5.74) is 2.75. The van der Waals surface area contributed by atoms with E-state index < -0.39 is 0 Å². The van der Waals surface area contributed by atoms with E-state index in [0.717, 1.165) is 22.4 Å². The summed E-state index contributed by atoms with van der Waals surface area (Å²) in [5.74, 6) is 1.22. The molecule has 1 aliphatic heterocycles. The maximum Gasteiger partial charge on any atom is 0.306 e. The molecule has 0 atom stereocenters. The number of carbonyl (C=O) groups excluding carboxylic acids is 1. The van der Waals surface area contributed by atoms with Crippen molar-refractivity contribution in [1.29, 1.82) is 0 Å². The summed E-state index contributed by atoms with van der Waals surface area (Å²) >= 11 is 6.10. The number of hydrogen-bond donors (Lipinski definition) is 0. The summed E-state index contributed by atoms with van der Waals surface area (Å²) in [5, 5.41) is 0.565. The average molecular weight is 377 g/mol. The molecule has 3 rings (SSSR count). The highest BCUT2D eigenvalue weighted by Gasteiger charge is 2.17. The SMILES string of the molecule is Cc1cccc(OCCCC(=O)OCc2cc(Cl)cc3c2OCOC3)c1. The Bertz CT molecular complexity index is 775. The zero-order valence-corrected chi connectivity index (χ0v) is 15.4. The lowest BCUT2D eigenvalue weighted by atomic mass is 10.1. The Labute approximate surface area is 157 Å². The maximum atomic E-state index is 12.0. The Hall–Kier alpha value is -2.24.